The maximum absolute atomic E-state index is 12.7. The average molecular weight is 389 g/mol. The summed E-state index contributed by atoms with van der Waals surface area (Å²) in [4.78, 5) is 18.9. The minimum Gasteiger partial charge on any atom is -0.508 e. The first-order valence-corrected chi connectivity index (χ1v) is 10.1. The molecule has 1 heterocycles. The average Bonchev–Trinajstić information content (AvgIpc) is 2.72. The van der Waals surface area contributed by atoms with Crippen molar-refractivity contribution in [2.45, 2.75) is 33.6 Å². The Bertz CT molecular complexity index is 992. The van der Waals surface area contributed by atoms with Gasteiger partial charge in [0.15, 0.2) is 0 Å². The molecule has 0 bridgehead atoms. The largest absolute Gasteiger partial charge is 0.508 e. The molecule has 3 aromatic rings. The number of aryl methyl sites for hydroxylation is 2. The lowest BCUT2D eigenvalue weighted by atomic mass is 9.83. The smallest absolute Gasteiger partial charge is 0.253 e. The molecular formula is C25H28N2O2. The van der Waals surface area contributed by atoms with E-state index in [0.29, 0.717) is 18.7 Å². The van der Waals surface area contributed by atoms with Crippen molar-refractivity contribution in [3.05, 3.63) is 94.3 Å². The second-order valence-corrected chi connectivity index (χ2v) is 7.31. The van der Waals surface area contributed by atoms with Gasteiger partial charge in [-0.25, -0.2) is 0 Å². The standard InChI is InChI=1S/C25H28N2O2/c1-5-27(6-2)25(29)20-12-10-19(11-13-20)24(21-8-7-9-22(28)15-21)23-14-18(4)26-16-17(23)3/h7-16,24,28H,5-6H2,1-4H3. The maximum Gasteiger partial charge on any atom is 0.253 e. The normalized spacial score (nSPS) is 11.9. The summed E-state index contributed by atoms with van der Waals surface area (Å²) in [5.74, 6) is 0.233. The van der Waals surface area contributed by atoms with Crippen LogP contribution in [0.5, 0.6) is 5.75 Å². The van der Waals surface area contributed by atoms with E-state index in [0.717, 1.165) is 27.9 Å². The van der Waals surface area contributed by atoms with Crippen LogP contribution in [0.2, 0.25) is 0 Å². The molecule has 2 aromatic carbocycles. The number of phenolic OH excluding ortho intramolecular Hbond substituents is 1. The van der Waals surface area contributed by atoms with Crippen LogP contribution in [-0.2, 0) is 0 Å². The molecule has 0 aliphatic carbocycles. The van der Waals surface area contributed by atoms with Crippen LogP contribution in [-0.4, -0.2) is 34.0 Å². The number of aromatic nitrogens is 1. The molecule has 0 saturated heterocycles. The lowest BCUT2D eigenvalue weighted by Gasteiger charge is -2.22. The third-order valence-corrected chi connectivity index (χ3v) is 5.34. The molecule has 0 saturated carbocycles. The molecule has 0 aliphatic heterocycles. The summed E-state index contributed by atoms with van der Waals surface area (Å²) in [7, 11) is 0. The van der Waals surface area contributed by atoms with E-state index in [2.05, 4.69) is 18.0 Å². The predicted molar refractivity (Wildman–Crippen MR) is 116 cm³/mol. The molecule has 1 N–H and O–H groups in total. The number of hydrogen-bond donors (Lipinski definition) is 1. The summed E-state index contributed by atoms with van der Waals surface area (Å²) in [6.45, 7) is 9.39. The van der Waals surface area contributed by atoms with Gasteiger partial charge in [0.25, 0.3) is 5.91 Å². The number of carbonyl (C=O) groups is 1. The minimum atomic E-state index is -0.0543. The van der Waals surface area contributed by atoms with Gasteiger partial charge in [0.05, 0.1) is 0 Å². The highest BCUT2D eigenvalue weighted by Crippen LogP contribution is 2.35. The number of hydrogen-bond acceptors (Lipinski definition) is 3. The Labute approximate surface area is 172 Å². The van der Waals surface area contributed by atoms with Gasteiger partial charge in [-0.1, -0.05) is 24.3 Å². The van der Waals surface area contributed by atoms with Crippen molar-refractivity contribution in [3.63, 3.8) is 0 Å². The highest BCUT2D eigenvalue weighted by atomic mass is 16.3. The number of benzene rings is 2. The SMILES string of the molecule is CCN(CC)C(=O)c1ccc(C(c2cccc(O)c2)c2cc(C)ncc2C)cc1. The van der Waals surface area contributed by atoms with Crippen molar-refractivity contribution >= 4 is 5.91 Å². The second kappa shape index (κ2) is 8.91. The molecule has 0 aliphatic rings. The molecule has 0 spiro atoms. The molecule has 4 heteroatoms. The summed E-state index contributed by atoms with van der Waals surface area (Å²) >= 11 is 0. The van der Waals surface area contributed by atoms with Crippen molar-refractivity contribution < 1.29 is 9.90 Å². The highest BCUT2D eigenvalue weighted by molar-refractivity contribution is 5.94. The Kier molecular flexibility index (Phi) is 6.32. The number of aromatic hydroxyl groups is 1. The first kappa shape index (κ1) is 20.6. The third kappa shape index (κ3) is 4.48. The topological polar surface area (TPSA) is 53.4 Å². The van der Waals surface area contributed by atoms with Crippen LogP contribution in [0.25, 0.3) is 0 Å². The van der Waals surface area contributed by atoms with Crippen LogP contribution in [0, 0.1) is 13.8 Å². The van der Waals surface area contributed by atoms with Crippen LogP contribution >= 0.6 is 0 Å². The van der Waals surface area contributed by atoms with E-state index in [1.165, 1.54) is 0 Å². The first-order valence-electron chi connectivity index (χ1n) is 10.1. The number of phenols is 1. The summed E-state index contributed by atoms with van der Waals surface area (Å²) < 4.78 is 0. The quantitative estimate of drug-likeness (QED) is 0.642. The molecule has 4 nitrogen and oxygen atoms in total. The number of nitrogens with zero attached hydrogens (tertiary/aromatic N) is 2. The molecule has 29 heavy (non-hydrogen) atoms. The summed E-state index contributed by atoms with van der Waals surface area (Å²) in [5, 5.41) is 10.0. The van der Waals surface area contributed by atoms with Gasteiger partial charge in [-0.2, -0.15) is 0 Å². The predicted octanol–water partition coefficient (Wildman–Crippen LogP) is 5.07. The van der Waals surface area contributed by atoms with Gasteiger partial charge >= 0.3 is 0 Å². The fraction of sp³-hybridized carbons (Fsp3) is 0.280. The molecule has 1 amide bonds. The van der Waals surface area contributed by atoms with Crippen molar-refractivity contribution in [1.82, 2.24) is 9.88 Å². The van der Waals surface area contributed by atoms with Gasteiger partial charge in [0.2, 0.25) is 0 Å². The molecule has 0 fully saturated rings. The van der Waals surface area contributed by atoms with Crippen molar-refractivity contribution in [2.24, 2.45) is 0 Å². The van der Waals surface area contributed by atoms with Gasteiger partial charge in [-0.15, -0.1) is 0 Å². The zero-order chi connectivity index (χ0) is 21.0. The van der Waals surface area contributed by atoms with Crippen LogP contribution in [0.15, 0.2) is 60.8 Å². The zero-order valence-corrected chi connectivity index (χ0v) is 17.5. The Morgan fingerprint density at radius 3 is 2.31 bits per heavy atom. The molecule has 1 aromatic heterocycles. The zero-order valence-electron chi connectivity index (χ0n) is 17.5. The van der Waals surface area contributed by atoms with E-state index in [-0.39, 0.29) is 17.6 Å². The lowest BCUT2D eigenvalue weighted by Crippen LogP contribution is -2.30. The van der Waals surface area contributed by atoms with E-state index in [1.54, 1.807) is 12.1 Å². The van der Waals surface area contributed by atoms with E-state index >= 15 is 0 Å². The van der Waals surface area contributed by atoms with E-state index in [4.69, 9.17) is 0 Å². The van der Waals surface area contributed by atoms with E-state index in [1.807, 2.05) is 68.3 Å². The van der Waals surface area contributed by atoms with Crippen molar-refractivity contribution in [3.8, 4) is 5.75 Å². The van der Waals surface area contributed by atoms with Gasteiger partial charge in [-0.05, 0) is 80.3 Å². The monoisotopic (exact) mass is 388 g/mol. The van der Waals surface area contributed by atoms with Gasteiger partial charge < -0.3 is 10.0 Å². The second-order valence-electron chi connectivity index (χ2n) is 7.31. The lowest BCUT2D eigenvalue weighted by molar-refractivity contribution is 0.0773. The Hall–Kier alpha value is -3.14. The van der Waals surface area contributed by atoms with Crippen LogP contribution < -0.4 is 0 Å². The molecular weight excluding hydrogens is 360 g/mol. The molecule has 3 rings (SSSR count). The maximum atomic E-state index is 12.7. The van der Waals surface area contributed by atoms with Crippen molar-refractivity contribution in [1.29, 1.82) is 0 Å². The number of amides is 1. The van der Waals surface area contributed by atoms with E-state index in [9.17, 15) is 9.90 Å². The van der Waals surface area contributed by atoms with Gasteiger partial charge in [-0.3, -0.25) is 9.78 Å². The molecule has 0 radical (unpaired) electrons. The van der Waals surface area contributed by atoms with Crippen LogP contribution in [0.3, 0.4) is 0 Å². The number of carbonyl (C=O) groups excluding carboxylic acids is 1. The highest BCUT2D eigenvalue weighted by Gasteiger charge is 2.21. The Morgan fingerprint density at radius 2 is 1.69 bits per heavy atom. The molecule has 1 unspecified atom stereocenters. The number of pyridine rings is 1. The van der Waals surface area contributed by atoms with Gasteiger partial charge in [0, 0.05) is 36.5 Å². The van der Waals surface area contributed by atoms with Gasteiger partial charge in [0.1, 0.15) is 5.75 Å². The first-order chi connectivity index (χ1) is 13.9. The third-order valence-electron chi connectivity index (χ3n) is 5.34. The van der Waals surface area contributed by atoms with E-state index < -0.39 is 0 Å². The van der Waals surface area contributed by atoms with Crippen LogP contribution in [0.1, 0.15) is 58.1 Å². The van der Waals surface area contributed by atoms with Crippen molar-refractivity contribution in [2.75, 3.05) is 13.1 Å². The fourth-order valence-electron chi connectivity index (χ4n) is 3.73. The summed E-state index contributed by atoms with van der Waals surface area (Å²) in [5.41, 5.74) is 5.94. The minimum absolute atomic E-state index is 0.0476. The fourth-order valence-corrected chi connectivity index (χ4v) is 3.73. The number of rotatable bonds is 6. The summed E-state index contributed by atoms with van der Waals surface area (Å²) in [6.07, 6.45) is 1.89. The molecule has 1 atom stereocenters. The Morgan fingerprint density at radius 1 is 1.00 bits per heavy atom. The van der Waals surface area contributed by atoms with Crippen LogP contribution in [0.4, 0.5) is 0 Å². The summed E-state index contributed by atoms with van der Waals surface area (Å²) in [6, 6.07) is 17.3. The Balaban J connectivity index is 2.07. The molecule has 150 valence electrons.